The van der Waals surface area contributed by atoms with Crippen LogP contribution in [-0.4, -0.2) is 36.9 Å². The van der Waals surface area contributed by atoms with Gasteiger partial charge in [-0.25, -0.2) is 8.42 Å². The Kier molecular flexibility index (Phi) is 5.72. The van der Waals surface area contributed by atoms with Gasteiger partial charge < -0.3 is 5.11 Å². The number of carboxylic acids is 1. The second-order valence-electron chi connectivity index (χ2n) is 4.45. The number of nitrogens with zero attached hydrogens (tertiary/aromatic N) is 2. The molecule has 6 nitrogen and oxygen atoms in total. The molecule has 0 bridgehead atoms. The van der Waals surface area contributed by atoms with Gasteiger partial charge in [0.2, 0.25) is 10.0 Å². The van der Waals surface area contributed by atoms with Crippen LogP contribution in [0.1, 0.15) is 19.4 Å². The Morgan fingerprint density at radius 3 is 2.57 bits per heavy atom. The van der Waals surface area contributed by atoms with Crippen molar-refractivity contribution in [3.05, 3.63) is 28.8 Å². The fourth-order valence-corrected chi connectivity index (χ4v) is 3.53. The predicted molar refractivity (Wildman–Crippen MR) is 77.4 cm³/mol. The van der Waals surface area contributed by atoms with Crippen molar-refractivity contribution >= 4 is 27.6 Å². The summed E-state index contributed by atoms with van der Waals surface area (Å²) < 4.78 is 26.0. The lowest BCUT2D eigenvalue weighted by molar-refractivity contribution is -0.141. The summed E-state index contributed by atoms with van der Waals surface area (Å²) in [6.07, 6.45) is 0. The number of hydrogen-bond acceptors (Lipinski definition) is 4. The lowest BCUT2D eigenvalue weighted by atomic mass is 10.2. The van der Waals surface area contributed by atoms with E-state index in [9.17, 15) is 13.2 Å². The minimum absolute atomic E-state index is 0.0425. The molecule has 0 aliphatic heterocycles. The lowest BCUT2D eigenvalue weighted by Gasteiger charge is -2.22. The van der Waals surface area contributed by atoms with E-state index in [2.05, 4.69) is 0 Å². The summed E-state index contributed by atoms with van der Waals surface area (Å²) >= 11 is 5.84. The highest BCUT2D eigenvalue weighted by Gasteiger charge is 2.27. The third-order valence-electron chi connectivity index (χ3n) is 2.95. The smallest absolute Gasteiger partial charge is 0.307 e. The highest BCUT2D eigenvalue weighted by Crippen LogP contribution is 2.23. The molecule has 1 unspecified atom stereocenters. The van der Waals surface area contributed by atoms with E-state index in [4.69, 9.17) is 22.0 Å². The van der Waals surface area contributed by atoms with Gasteiger partial charge in [0.15, 0.2) is 0 Å². The first-order chi connectivity index (χ1) is 9.73. The quantitative estimate of drug-likeness (QED) is 0.859. The van der Waals surface area contributed by atoms with E-state index in [0.29, 0.717) is 0 Å². The zero-order chi connectivity index (χ0) is 16.2. The van der Waals surface area contributed by atoms with Crippen molar-refractivity contribution in [2.45, 2.75) is 18.7 Å². The molecule has 1 atom stereocenters. The van der Waals surface area contributed by atoms with E-state index in [0.717, 1.165) is 4.31 Å². The molecule has 0 radical (unpaired) electrons. The summed E-state index contributed by atoms with van der Waals surface area (Å²) in [5.74, 6) is -1.89. The third-order valence-corrected chi connectivity index (χ3v) is 5.20. The zero-order valence-corrected chi connectivity index (χ0v) is 13.1. The number of aliphatic carboxylic acids is 1. The average molecular weight is 331 g/mol. The molecule has 0 aliphatic carbocycles. The topological polar surface area (TPSA) is 98.5 Å². The fourth-order valence-electron chi connectivity index (χ4n) is 1.68. The van der Waals surface area contributed by atoms with E-state index in [1.165, 1.54) is 25.1 Å². The molecule has 0 aliphatic rings. The summed E-state index contributed by atoms with van der Waals surface area (Å²) in [5, 5.41) is 17.7. The molecule has 0 saturated heterocycles. The lowest BCUT2D eigenvalue weighted by Crippen LogP contribution is -2.36. The monoisotopic (exact) mass is 330 g/mol. The number of carbonyl (C=O) groups is 1. The number of nitriles is 1. The Labute approximate surface area is 128 Å². The van der Waals surface area contributed by atoms with Crippen molar-refractivity contribution in [2.24, 2.45) is 5.92 Å². The van der Waals surface area contributed by atoms with Gasteiger partial charge in [0.1, 0.15) is 6.07 Å². The third kappa shape index (κ3) is 3.94. The maximum absolute atomic E-state index is 12.5. The minimum atomic E-state index is -3.85. The van der Waals surface area contributed by atoms with Crippen LogP contribution < -0.4 is 0 Å². The number of benzene rings is 1. The molecule has 0 amide bonds. The average Bonchev–Trinajstić information content (AvgIpc) is 2.43. The van der Waals surface area contributed by atoms with Crippen molar-refractivity contribution in [3.8, 4) is 6.07 Å². The van der Waals surface area contributed by atoms with Gasteiger partial charge in [-0.15, -0.1) is 0 Å². The standard InChI is InChI=1S/C13H15ClN2O4S/c1-3-16(8-9(2)13(17)18)21(19,20)11-5-4-10(7-15)12(14)6-11/h4-6,9H,3,8H2,1-2H3,(H,17,18). The Bertz CT molecular complexity index is 682. The molecule has 114 valence electrons. The van der Waals surface area contributed by atoms with Crippen LogP contribution in [0, 0.1) is 17.2 Å². The van der Waals surface area contributed by atoms with Crippen LogP contribution in [0.2, 0.25) is 5.02 Å². The van der Waals surface area contributed by atoms with Crippen LogP contribution in [0.3, 0.4) is 0 Å². The molecule has 8 heteroatoms. The van der Waals surface area contributed by atoms with Gasteiger partial charge in [0.05, 0.1) is 21.4 Å². The molecule has 1 N–H and O–H groups in total. The maximum Gasteiger partial charge on any atom is 0.307 e. The van der Waals surface area contributed by atoms with Gasteiger partial charge in [-0.05, 0) is 18.2 Å². The second-order valence-corrected chi connectivity index (χ2v) is 6.79. The van der Waals surface area contributed by atoms with Gasteiger partial charge >= 0.3 is 5.97 Å². The second kappa shape index (κ2) is 6.89. The van der Waals surface area contributed by atoms with Gasteiger partial charge in [0, 0.05) is 13.1 Å². The number of halogens is 1. The normalized spacial score (nSPS) is 12.9. The molecule has 0 saturated carbocycles. The van der Waals surface area contributed by atoms with Crippen LogP contribution >= 0.6 is 11.6 Å². The molecular formula is C13H15ClN2O4S. The van der Waals surface area contributed by atoms with Crippen LogP contribution in [0.15, 0.2) is 23.1 Å². The minimum Gasteiger partial charge on any atom is -0.481 e. The van der Waals surface area contributed by atoms with Gasteiger partial charge in [-0.3, -0.25) is 4.79 Å². The molecule has 0 aromatic heterocycles. The first-order valence-electron chi connectivity index (χ1n) is 6.16. The van der Waals surface area contributed by atoms with Crippen molar-refractivity contribution in [2.75, 3.05) is 13.1 Å². The SMILES string of the molecule is CCN(CC(C)C(=O)O)S(=O)(=O)c1ccc(C#N)c(Cl)c1. The molecule has 1 aromatic rings. The largest absolute Gasteiger partial charge is 0.481 e. The van der Waals surface area contributed by atoms with Gasteiger partial charge in [-0.2, -0.15) is 9.57 Å². The molecule has 1 rings (SSSR count). The molecular weight excluding hydrogens is 316 g/mol. The first-order valence-corrected chi connectivity index (χ1v) is 7.98. The van der Waals surface area contributed by atoms with E-state index in [-0.39, 0.29) is 28.6 Å². The highest BCUT2D eigenvalue weighted by atomic mass is 35.5. The molecule has 0 spiro atoms. The summed E-state index contributed by atoms with van der Waals surface area (Å²) in [7, 11) is -3.85. The summed E-state index contributed by atoms with van der Waals surface area (Å²) in [6, 6.07) is 5.65. The first kappa shape index (κ1) is 17.4. The maximum atomic E-state index is 12.5. The van der Waals surface area contributed by atoms with Crippen molar-refractivity contribution in [1.29, 1.82) is 5.26 Å². The van der Waals surface area contributed by atoms with Crippen LogP contribution in [0.5, 0.6) is 0 Å². The number of rotatable bonds is 6. The van der Waals surface area contributed by atoms with Crippen LogP contribution in [0.25, 0.3) is 0 Å². The summed E-state index contributed by atoms with van der Waals surface area (Å²) in [4.78, 5) is 10.8. The van der Waals surface area contributed by atoms with Gasteiger partial charge in [-0.1, -0.05) is 25.4 Å². The Hall–Kier alpha value is -1.62. The molecule has 21 heavy (non-hydrogen) atoms. The Balaban J connectivity index is 3.16. The molecule has 1 aromatic carbocycles. The van der Waals surface area contributed by atoms with Crippen LogP contribution in [-0.2, 0) is 14.8 Å². The van der Waals surface area contributed by atoms with E-state index >= 15 is 0 Å². The van der Waals surface area contributed by atoms with Crippen molar-refractivity contribution < 1.29 is 18.3 Å². The fraction of sp³-hybridized carbons (Fsp3) is 0.385. The summed E-state index contributed by atoms with van der Waals surface area (Å²) in [6.45, 7) is 3.06. The summed E-state index contributed by atoms with van der Waals surface area (Å²) in [5.41, 5.74) is 0.178. The number of hydrogen-bond donors (Lipinski definition) is 1. The number of sulfonamides is 1. The highest BCUT2D eigenvalue weighted by molar-refractivity contribution is 7.89. The van der Waals surface area contributed by atoms with Gasteiger partial charge in [0.25, 0.3) is 0 Å². The van der Waals surface area contributed by atoms with Crippen molar-refractivity contribution in [3.63, 3.8) is 0 Å². The number of carboxylic acid groups (broad SMARTS) is 1. The van der Waals surface area contributed by atoms with E-state index in [1.807, 2.05) is 6.07 Å². The van der Waals surface area contributed by atoms with Crippen LogP contribution in [0.4, 0.5) is 0 Å². The molecule has 0 heterocycles. The molecule has 0 fully saturated rings. The van der Waals surface area contributed by atoms with E-state index < -0.39 is 21.9 Å². The van der Waals surface area contributed by atoms with Crippen molar-refractivity contribution in [1.82, 2.24) is 4.31 Å². The Morgan fingerprint density at radius 1 is 1.52 bits per heavy atom. The predicted octanol–water partition coefficient (Wildman–Crippen LogP) is 1.94. The zero-order valence-electron chi connectivity index (χ0n) is 11.6. The van der Waals surface area contributed by atoms with E-state index in [1.54, 1.807) is 6.92 Å². The Morgan fingerprint density at radius 2 is 2.14 bits per heavy atom.